The van der Waals surface area contributed by atoms with Crippen LogP contribution < -0.4 is 10.4 Å². The van der Waals surface area contributed by atoms with E-state index in [4.69, 9.17) is 9.47 Å². The maximum Gasteiger partial charge on any atom is 0.119 e. The zero-order chi connectivity index (χ0) is 19.1. The van der Waals surface area contributed by atoms with Gasteiger partial charge < -0.3 is 9.47 Å². The molecule has 0 aliphatic rings. The highest BCUT2D eigenvalue weighted by molar-refractivity contribution is 6.73. The van der Waals surface area contributed by atoms with Crippen LogP contribution in [0, 0.1) is 0 Å². The molecule has 2 heterocycles. The van der Waals surface area contributed by atoms with Gasteiger partial charge in [-0.15, -0.1) is 0 Å². The number of nitrogens with zero attached hydrogens (tertiary/aromatic N) is 2. The lowest BCUT2D eigenvalue weighted by molar-refractivity contribution is 0.127. The normalized spacial score (nSPS) is 14.0. The van der Waals surface area contributed by atoms with Gasteiger partial charge in [-0.25, -0.2) is 0 Å². The monoisotopic (exact) mass is 386 g/mol. The Bertz CT molecular complexity index is 605. The quantitative estimate of drug-likeness (QED) is 0.622. The second kappa shape index (κ2) is 10.1. The van der Waals surface area contributed by atoms with Gasteiger partial charge in [0.15, 0.2) is 0 Å². The summed E-state index contributed by atoms with van der Waals surface area (Å²) in [5.41, 5.74) is 2.41. The first-order valence-corrected chi connectivity index (χ1v) is 13.5. The molecule has 26 heavy (non-hydrogen) atoms. The molecule has 2 unspecified atom stereocenters. The maximum atomic E-state index is 5.74. The number of rotatable bonds is 9. The molecule has 0 N–H and O–H groups in total. The van der Waals surface area contributed by atoms with Gasteiger partial charge in [0.05, 0.1) is 11.4 Å². The van der Waals surface area contributed by atoms with Gasteiger partial charge in [0.2, 0.25) is 0 Å². The van der Waals surface area contributed by atoms with Crippen molar-refractivity contribution in [3.05, 3.63) is 36.7 Å². The van der Waals surface area contributed by atoms with Crippen LogP contribution in [-0.4, -0.2) is 52.2 Å². The largest absolute Gasteiger partial charge is 0.382 e. The number of hydrogen-bond donors (Lipinski definition) is 0. The molecule has 2 aromatic rings. The highest BCUT2D eigenvalue weighted by Gasteiger charge is 2.19. The lowest BCUT2D eigenvalue weighted by atomic mass is 10.2. The minimum absolute atomic E-state index is 0.285. The Labute approximate surface area is 161 Å². The first kappa shape index (κ1) is 21.0. The maximum absolute atomic E-state index is 5.74. The third-order valence-electron chi connectivity index (χ3n) is 4.75. The SMILES string of the molecule is CCOC(C)[Si](C)c1ccc(-c2ccc([Si](C)C(C)OCC)cn2)nc1. The molecule has 140 valence electrons. The smallest absolute Gasteiger partial charge is 0.119 e. The van der Waals surface area contributed by atoms with E-state index in [1.165, 1.54) is 10.4 Å². The van der Waals surface area contributed by atoms with Crippen molar-refractivity contribution >= 4 is 28.0 Å². The van der Waals surface area contributed by atoms with Crippen LogP contribution in [0.15, 0.2) is 36.7 Å². The Morgan fingerprint density at radius 2 is 1.15 bits per heavy atom. The Kier molecular flexibility index (Phi) is 8.15. The molecule has 0 fully saturated rings. The zero-order valence-electron chi connectivity index (χ0n) is 16.7. The van der Waals surface area contributed by atoms with Gasteiger partial charge in [0.1, 0.15) is 17.6 Å². The van der Waals surface area contributed by atoms with Gasteiger partial charge in [0.25, 0.3) is 0 Å². The van der Waals surface area contributed by atoms with Crippen LogP contribution in [0.3, 0.4) is 0 Å². The molecule has 0 bridgehead atoms. The fourth-order valence-corrected chi connectivity index (χ4v) is 5.78. The Hall–Kier alpha value is -1.35. The van der Waals surface area contributed by atoms with Crippen molar-refractivity contribution in [2.75, 3.05) is 13.2 Å². The molecule has 0 saturated carbocycles. The molecule has 0 aliphatic carbocycles. The van der Waals surface area contributed by atoms with Gasteiger partial charge in [-0.1, -0.05) is 25.2 Å². The van der Waals surface area contributed by atoms with Crippen molar-refractivity contribution < 1.29 is 9.47 Å². The van der Waals surface area contributed by atoms with Crippen LogP contribution >= 0.6 is 0 Å². The average Bonchev–Trinajstić information content (AvgIpc) is 2.67. The molecule has 2 rings (SSSR count). The van der Waals surface area contributed by atoms with Crippen LogP contribution in [0.1, 0.15) is 27.7 Å². The summed E-state index contributed by atoms with van der Waals surface area (Å²) in [5.74, 6) is 0. The highest BCUT2D eigenvalue weighted by atomic mass is 28.3. The standard InChI is InChI=1S/C20H30N2O2Si2/c1-7-23-15(3)25(5)17-9-11-19(21-13-17)20-12-10-18(14-22-20)26(6)16(4)24-8-2/h9-16H,7-8H2,1-6H3. The Morgan fingerprint density at radius 1 is 0.769 bits per heavy atom. The Balaban J connectivity index is 2.09. The van der Waals surface area contributed by atoms with Crippen molar-refractivity contribution in [1.29, 1.82) is 0 Å². The van der Waals surface area contributed by atoms with E-state index >= 15 is 0 Å². The number of ether oxygens (including phenoxy) is 2. The summed E-state index contributed by atoms with van der Waals surface area (Å²) >= 11 is 0. The summed E-state index contributed by atoms with van der Waals surface area (Å²) in [5, 5.41) is 2.59. The van der Waals surface area contributed by atoms with E-state index in [-0.39, 0.29) is 11.5 Å². The van der Waals surface area contributed by atoms with Gasteiger partial charge >= 0.3 is 0 Å². The first-order valence-electron chi connectivity index (χ1n) is 9.31. The van der Waals surface area contributed by atoms with Crippen molar-refractivity contribution in [1.82, 2.24) is 9.97 Å². The third-order valence-corrected chi connectivity index (χ3v) is 9.94. The predicted octanol–water partition coefficient (Wildman–Crippen LogP) is 2.74. The lowest BCUT2D eigenvalue weighted by Gasteiger charge is -2.19. The van der Waals surface area contributed by atoms with Crippen molar-refractivity contribution in [3.8, 4) is 11.4 Å². The molecule has 0 saturated heterocycles. The van der Waals surface area contributed by atoms with Crippen LogP contribution in [0.2, 0.25) is 13.1 Å². The average molecular weight is 387 g/mol. The van der Waals surface area contributed by atoms with Gasteiger partial charge in [-0.3, -0.25) is 9.97 Å². The van der Waals surface area contributed by atoms with Crippen LogP contribution in [0.4, 0.5) is 0 Å². The summed E-state index contributed by atoms with van der Waals surface area (Å²) in [7, 11) is -1.51. The zero-order valence-corrected chi connectivity index (χ0v) is 18.7. The molecular weight excluding hydrogens is 356 g/mol. The second-order valence-corrected chi connectivity index (χ2v) is 11.9. The van der Waals surface area contributed by atoms with E-state index in [2.05, 4.69) is 61.2 Å². The van der Waals surface area contributed by atoms with E-state index in [1.807, 2.05) is 26.2 Å². The second-order valence-electron chi connectivity index (χ2n) is 6.43. The van der Waals surface area contributed by atoms with Crippen molar-refractivity contribution in [2.45, 2.75) is 52.2 Å². The Morgan fingerprint density at radius 3 is 1.42 bits per heavy atom. The molecule has 2 aromatic heterocycles. The molecule has 4 nitrogen and oxygen atoms in total. The molecule has 0 aliphatic heterocycles. The van der Waals surface area contributed by atoms with Crippen LogP contribution in [0.5, 0.6) is 0 Å². The highest BCUT2D eigenvalue weighted by Crippen LogP contribution is 2.12. The van der Waals surface area contributed by atoms with E-state index in [1.54, 1.807) is 0 Å². The molecule has 0 aromatic carbocycles. The predicted molar refractivity (Wildman–Crippen MR) is 112 cm³/mol. The topological polar surface area (TPSA) is 44.2 Å². The van der Waals surface area contributed by atoms with E-state index in [9.17, 15) is 0 Å². The molecule has 0 amide bonds. The number of aromatic nitrogens is 2. The first-order chi connectivity index (χ1) is 12.5. The summed E-state index contributed by atoms with van der Waals surface area (Å²) in [6.07, 6.45) is 3.97. The summed E-state index contributed by atoms with van der Waals surface area (Å²) in [4.78, 5) is 9.29. The number of pyridine rings is 2. The number of hydrogen-bond acceptors (Lipinski definition) is 4. The van der Waals surface area contributed by atoms with Crippen LogP contribution in [-0.2, 0) is 9.47 Å². The van der Waals surface area contributed by atoms with Gasteiger partial charge in [-0.2, -0.15) is 0 Å². The molecule has 0 spiro atoms. The molecular formula is C20H30N2O2Si2. The van der Waals surface area contributed by atoms with Gasteiger partial charge in [-0.05, 0) is 50.2 Å². The van der Waals surface area contributed by atoms with E-state index in [0.717, 1.165) is 24.6 Å². The summed E-state index contributed by atoms with van der Waals surface area (Å²) in [6, 6.07) is 8.50. The van der Waals surface area contributed by atoms with E-state index < -0.39 is 17.6 Å². The molecule has 2 radical (unpaired) electrons. The third kappa shape index (κ3) is 5.33. The van der Waals surface area contributed by atoms with E-state index in [0.29, 0.717) is 0 Å². The van der Waals surface area contributed by atoms with Crippen LogP contribution in [0.25, 0.3) is 11.4 Å². The summed E-state index contributed by atoms with van der Waals surface area (Å²) < 4.78 is 11.5. The van der Waals surface area contributed by atoms with Gasteiger partial charge in [0, 0.05) is 37.1 Å². The molecule has 6 heteroatoms. The minimum atomic E-state index is -0.753. The van der Waals surface area contributed by atoms with Crippen molar-refractivity contribution in [2.24, 2.45) is 0 Å². The molecule has 2 atom stereocenters. The fraction of sp³-hybridized carbons (Fsp3) is 0.500. The fourth-order valence-electron chi connectivity index (χ4n) is 2.78. The lowest BCUT2D eigenvalue weighted by Crippen LogP contribution is -2.39. The summed E-state index contributed by atoms with van der Waals surface area (Å²) in [6.45, 7) is 14.5. The van der Waals surface area contributed by atoms with Crippen molar-refractivity contribution in [3.63, 3.8) is 0 Å². The minimum Gasteiger partial charge on any atom is -0.382 e.